The van der Waals surface area contributed by atoms with Crippen LogP contribution in [0.25, 0.3) is 0 Å². The zero-order valence-corrected chi connectivity index (χ0v) is 7.07. The van der Waals surface area contributed by atoms with Gasteiger partial charge in [-0.15, -0.1) is 0 Å². The number of aliphatic carboxylic acids is 1. The standard InChI is InChI=1S/C9H15NO2/c10-8-4-1-7(2-5-8)3-6-9(11)12/h3,6-8H,1-2,4-5,10H2,(H,11,12)/b6-3+. The van der Waals surface area contributed by atoms with E-state index in [1.807, 2.05) is 0 Å². The molecule has 3 N–H and O–H groups in total. The van der Waals surface area contributed by atoms with Gasteiger partial charge >= 0.3 is 5.97 Å². The molecule has 68 valence electrons. The molecule has 1 fully saturated rings. The fourth-order valence-corrected chi connectivity index (χ4v) is 1.56. The average molecular weight is 169 g/mol. The van der Waals surface area contributed by atoms with Crippen LogP contribution in [0, 0.1) is 5.92 Å². The minimum absolute atomic E-state index is 0.333. The minimum Gasteiger partial charge on any atom is -0.478 e. The molecule has 0 heterocycles. The van der Waals surface area contributed by atoms with Crippen molar-refractivity contribution >= 4 is 5.97 Å². The van der Waals surface area contributed by atoms with E-state index in [1.54, 1.807) is 6.08 Å². The van der Waals surface area contributed by atoms with Crippen LogP contribution < -0.4 is 5.73 Å². The Kier molecular flexibility index (Phi) is 3.29. The number of rotatable bonds is 2. The van der Waals surface area contributed by atoms with E-state index in [2.05, 4.69) is 0 Å². The molecule has 3 heteroatoms. The van der Waals surface area contributed by atoms with E-state index in [4.69, 9.17) is 10.8 Å². The summed E-state index contributed by atoms with van der Waals surface area (Å²) in [6.07, 6.45) is 7.13. The molecule has 0 aromatic carbocycles. The summed E-state index contributed by atoms with van der Waals surface area (Å²) in [5, 5.41) is 8.38. The minimum atomic E-state index is -0.857. The van der Waals surface area contributed by atoms with Crippen LogP contribution in [0.5, 0.6) is 0 Å². The lowest BCUT2D eigenvalue weighted by atomic mass is 9.86. The van der Waals surface area contributed by atoms with Crippen molar-refractivity contribution in [3.8, 4) is 0 Å². The van der Waals surface area contributed by atoms with Gasteiger partial charge in [0.15, 0.2) is 0 Å². The second-order valence-electron chi connectivity index (χ2n) is 3.37. The molecule has 12 heavy (non-hydrogen) atoms. The lowest BCUT2D eigenvalue weighted by Gasteiger charge is -2.23. The average Bonchev–Trinajstić information content (AvgIpc) is 2.03. The number of carbonyl (C=O) groups is 1. The number of carboxylic acid groups (broad SMARTS) is 1. The third kappa shape index (κ3) is 3.05. The van der Waals surface area contributed by atoms with Crippen LogP contribution >= 0.6 is 0 Å². The first-order valence-corrected chi connectivity index (χ1v) is 4.35. The van der Waals surface area contributed by atoms with E-state index < -0.39 is 5.97 Å². The van der Waals surface area contributed by atoms with Gasteiger partial charge in [0.2, 0.25) is 0 Å². The maximum absolute atomic E-state index is 10.2. The van der Waals surface area contributed by atoms with Crippen LogP contribution in [0.3, 0.4) is 0 Å². The Morgan fingerprint density at radius 1 is 1.33 bits per heavy atom. The van der Waals surface area contributed by atoms with Crippen LogP contribution in [0.15, 0.2) is 12.2 Å². The van der Waals surface area contributed by atoms with E-state index in [1.165, 1.54) is 6.08 Å². The van der Waals surface area contributed by atoms with Gasteiger partial charge in [-0.3, -0.25) is 0 Å². The molecule has 0 aliphatic heterocycles. The smallest absolute Gasteiger partial charge is 0.327 e. The van der Waals surface area contributed by atoms with E-state index in [0.717, 1.165) is 25.7 Å². The van der Waals surface area contributed by atoms with Gasteiger partial charge in [-0.1, -0.05) is 6.08 Å². The van der Waals surface area contributed by atoms with Gasteiger partial charge in [-0.2, -0.15) is 0 Å². The van der Waals surface area contributed by atoms with Gasteiger partial charge in [0.25, 0.3) is 0 Å². The van der Waals surface area contributed by atoms with Crippen LogP contribution in [-0.4, -0.2) is 17.1 Å². The summed E-state index contributed by atoms with van der Waals surface area (Å²) >= 11 is 0. The van der Waals surface area contributed by atoms with Crippen molar-refractivity contribution in [1.82, 2.24) is 0 Å². The summed E-state index contributed by atoms with van der Waals surface area (Å²) in [6.45, 7) is 0. The molecule has 1 rings (SSSR count). The fourth-order valence-electron chi connectivity index (χ4n) is 1.56. The summed E-state index contributed by atoms with van der Waals surface area (Å²) in [7, 11) is 0. The molecule has 0 radical (unpaired) electrons. The molecule has 0 bridgehead atoms. The molecule has 0 atom stereocenters. The Balaban J connectivity index is 2.30. The molecule has 0 spiro atoms. The maximum atomic E-state index is 10.2. The Labute approximate surface area is 72.3 Å². The molecule has 0 aromatic rings. The summed E-state index contributed by atoms with van der Waals surface area (Å²) in [5.41, 5.74) is 5.71. The maximum Gasteiger partial charge on any atom is 0.327 e. The Hall–Kier alpha value is -0.830. The molecule has 0 aromatic heterocycles. The molecular formula is C9H15NO2. The third-order valence-corrected chi connectivity index (χ3v) is 2.33. The van der Waals surface area contributed by atoms with Gasteiger partial charge in [0.1, 0.15) is 0 Å². The van der Waals surface area contributed by atoms with E-state index in [0.29, 0.717) is 12.0 Å². The highest BCUT2D eigenvalue weighted by molar-refractivity contribution is 5.79. The van der Waals surface area contributed by atoms with Gasteiger partial charge in [0.05, 0.1) is 0 Å². The summed E-state index contributed by atoms with van der Waals surface area (Å²) in [4.78, 5) is 10.2. The van der Waals surface area contributed by atoms with Crippen LogP contribution in [0.1, 0.15) is 25.7 Å². The third-order valence-electron chi connectivity index (χ3n) is 2.33. The predicted octanol–water partition coefficient (Wildman–Crippen LogP) is 1.14. The first-order chi connectivity index (χ1) is 5.68. The van der Waals surface area contributed by atoms with E-state index >= 15 is 0 Å². The lowest BCUT2D eigenvalue weighted by molar-refractivity contribution is -0.131. The SMILES string of the molecule is NC1CCC(/C=C/C(=O)O)CC1. The number of carboxylic acids is 1. The van der Waals surface area contributed by atoms with Crippen molar-refractivity contribution < 1.29 is 9.90 Å². The second kappa shape index (κ2) is 4.26. The van der Waals surface area contributed by atoms with Gasteiger partial charge in [0, 0.05) is 12.1 Å². The van der Waals surface area contributed by atoms with Crippen LogP contribution in [-0.2, 0) is 4.79 Å². The topological polar surface area (TPSA) is 63.3 Å². The highest BCUT2D eigenvalue weighted by atomic mass is 16.4. The lowest BCUT2D eigenvalue weighted by Crippen LogP contribution is -2.25. The normalized spacial score (nSPS) is 30.8. The molecular weight excluding hydrogens is 154 g/mol. The quantitative estimate of drug-likeness (QED) is 0.609. The first-order valence-electron chi connectivity index (χ1n) is 4.35. The number of hydrogen-bond donors (Lipinski definition) is 2. The molecule has 1 aliphatic carbocycles. The van der Waals surface area contributed by atoms with E-state index in [9.17, 15) is 4.79 Å². The summed E-state index contributed by atoms with van der Waals surface area (Å²) in [5.74, 6) is -0.425. The summed E-state index contributed by atoms with van der Waals surface area (Å²) < 4.78 is 0. The zero-order valence-electron chi connectivity index (χ0n) is 7.07. The number of allylic oxidation sites excluding steroid dienone is 1. The van der Waals surface area contributed by atoms with Crippen molar-refractivity contribution in [2.45, 2.75) is 31.7 Å². The molecule has 0 unspecified atom stereocenters. The molecule has 3 nitrogen and oxygen atoms in total. The second-order valence-corrected chi connectivity index (χ2v) is 3.37. The monoisotopic (exact) mass is 169 g/mol. The zero-order chi connectivity index (χ0) is 8.97. The Morgan fingerprint density at radius 2 is 1.92 bits per heavy atom. The summed E-state index contributed by atoms with van der Waals surface area (Å²) in [6, 6.07) is 0.333. The van der Waals surface area contributed by atoms with Crippen molar-refractivity contribution in [2.24, 2.45) is 11.7 Å². The van der Waals surface area contributed by atoms with Crippen LogP contribution in [0.4, 0.5) is 0 Å². The largest absolute Gasteiger partial charge is 0.478 e. The van der Waals surface area contributed by atoms with Crippen molar-refractivity contribution in [1.29, 1.82) is 0 Å². The van der Waals surface area contributed by atoms with Crippen LogP contribution in [0.2, 0.25) is 0 Å². The van der Waals surface area contributed by atoms with Gasteiger partial charge in [-0.25, -0.2) is 4.79 Å². The highest BCUT2D eigenvalue weighted by Gasteiger charge is 2.15. The Bertz CT molecular complexity index is 181. The van der Waals surface area contributed by atoms with Gasteiger partial charge in [-0.05, 0) is 31.6 Å². The number of nitrogens with two attached hydrogens (primary N) is 1. The number of hydrogen-bond acceptors (Lipinski definition) is 2. The molecule has 0 amide bonds. The van der Waals surface area contributed by atoms with Crippen molar-refractivity contribution in [3.63, 3.8) is 0 Å². The van der Waals surface area contributed by atoms with Gasteiger partial charge < -0.3 is 10.8 Å². The van der Waals surface area contributed by atoms with E-state index in [-0.39, 0.29) is 0 Å². The first kappa shape index (κ1) is 9.26. The van der Waals surface area contributed by atoms with Crippen molar-refractivity contribution in [2.75, 3.05) is 0 Å². The molecule has 1 aliphatic rings. The predicted molar refractivity (Wildman–Crippen MR) is 46.7 cm³/mol. The van der Waals surface area contributed by atoms with Crippen molar-refractivity contribution in [3.05, 3.63) is 12.2 Å². The Morgan fingerprint density at radius 3 is 2.42 bits per heavy atom. The molecule has 0 saturated heterocycles. The fraction of sp³-hybridized carbons (Fsp3) is 0.667. The highest BCUT2D eigenvalue weighted by Crippen LogP contribution is 2.23. The molecule has 1 saturated carbocycles.